The van der Waals surface area contributed by atoms with E-state index in [0.717, 1.165) is 44.2 Å². The first-order valence-electron chi connectivity index (χ1n) is 11.9. The molecule has 2 fully saturated rings. The minimum absolute atomic E-state index is 0.0581. The second-order valence-electron chi connectivity index (χ2n) is 9.33. The van der Waals surface area contributed by atoms with Crippen molar-refractivity contribution in [3.63, 3.8) is 0 Å². The van der Waals surface area contributed by atoms with Crippen LogP contribution in [0, 0.1) is 0 Å². The minimum Gasteiger partial charge on any atom is -0.379 e. The van der Waals surface area contributed by atoms with E-state index < -0.39 is 0 Å². The highest BCUT2D eigenvalue weighted by Gasteiger charge is 2.26. The second kappa shape index (κ2) is 9.72. The molecular formula is C23H30N10O2. The highest BCUT2D eigenvalue weighted by Crippen LogP contribution is 2.30. The molecule has 184 valence electrons. The van der Waals surface area contributed by atoms with Crippen LogP contribution in [0.1, 0.15) is 49.0 Å². The molecule has 0 unspecified atom stereocenters. The summed E-state index contributed by atoms with van der Waals surface area (Å²) in [5.41, 5.74) is 1.76. The zero-order valence-electron chi connectivity index (χ0n) is 19.9. The molecule has 0 aliphatic heterocycles. The van der Waals surface area contributed by atoms with Crippen LogP contribution in [-0.2, 0) is 0 Å². The molecule has 2 saturated carbocycles. The number of rotatable bonds is 7. The molecule has 12 nitrogen and oxygen atoms in total. The summed E-state index contributed by atoms with van der Waals surface area (Å²) in [6.07, 6.45) is 10.3. The number of aromatic nitrogens is 5. The number of imidazole rings is 1. The second-order valence-corrected chi connectivity index (χ2v) is 9.33. The summed E-state index contributed by atoms with van der Waals surface area (Å²) in [6, 6.07) is 4.35. The van der Waals surface area contributed by atoms with Gasteiger partial charge in [0, 0.05) is 44.5 Å². The van der Waals surface area contributed by atoms with E-state index >= 15 is 0 Å². The summed E-state index contributed by atoms with van der Waals surface area (Å²) in [5.74, 6) is 0.731. The topological polar surface area (TPSA) is 141 Å². The Labute approximate surface area is 202 Å². The summed E-state index contributed by atoms with van der Waals surface area (Å²) >= 11 is 0. The number of urea groups is 1. The van der Waals surface area contributed by atoms with Crippen LogP contribution in [0.2, 0.25) is 0 Å². The van der Waals surface area contributed by atoms with Crippen LogP contribution in [0.4, 0.5) is 22.1 Å². The van der Waals surface area contributed by atoms with Crippen LogP contribution in [0.5, 0.6) is 0 Å². The number of nitrogens with one attached hydrogen (secondary N) is 4. The lowest BCUT2D eigenvalue weighted by Gasteiger charge is -2.30. The van der Waals surface area contributed by atoms with E-state index in [1.165, 1.54) is 12.5 Å². The molecule has 3 aromatic rings. The number of hydrogen-bond acceptors (Lipinski definition) is 8. The van der Waals surface area contributed by atoms with Crippen LogP contribution in [-0.4, -0.2) is 73.6 Å². The fraction of sp³-hybridized carbons (Fsp3) is 0.478. The zero-order chi connectivity index (χ0) is 24.4. The third-order valence-corrected chi connectivity index (χ3v) is 6.27. The van der Waals surface area contributed by atoms with Crippen molar-refractivity contribution < 1.29 is 9.59 Å². The highest BCUT2D eigenvalue weighted by atomic mass is 16.2. The first-order valence-corrected chi connectivity index (χ1v) is 11.9. The van der Waals surface area contributed by atoms with Crippen molar-refractivity contribution in [1.29, 1.82) is 0 Å². The predicted octanol–water partition coefficient (Wildman–Crippen LogP) is 2.34. The molecule has 0 bridgehead atoms. The average molecular weight is 479 g/mol. The largest absolute Gasteiger partial charge is 0.379 e. The molecule has 12 heteroatoms. The summed E-state index contributed by atoms with van der Waals surface area (Å²) in [5, 5.41) is 17.6. The summed E-state index contributed by atoms with van der Waals surface area (Å²) in [6.45, 7) is 0. The Morgan fingerprint density at radius 2 is 1.69 bits per heavy atom. The quantitative estimate of drug-likeness (QED) is 0.405. The van der Waals surface area contributed by atoms with Gasteiger partial charge >= 0.3 is 6.03 Å². The normalized spacial score (nSPS) is 19.7. The lowest BCUT2D eigenvalue weighted by molar-refractivity contribution is 0.102. The predicted molar refractivity (Wildman–Crippen MR) is 132 cm³/mol. The van der Waals surface area contributed by atoms with Gasteiger partial charge in [0.05, 0.1) is 11.9 Å². The van der Waals surface area contributed by atoms with Gasteiger partial charge in [0.1, 0.15) is 18.0 Å². The zero-order valence-corrected chi connectivity index (χ0v) is 19.9. The van der Waals surface area contributed by atoms with Gasteiger partial charge in [-0.3, -0.25) is 4.79 Å². The fourth-order valence-corrected chi connectivity index (χ4v) is 4.19. The summed E-state index contributed by atoms with van der Waals surface area (Å²) < 4.78 is 1.58. The summed E-state index contributed by atoms with van der Waals surface area (Å²) in [4.78, 5) is 38.9. The molecule has 2 aliphatic rings. The van der Waals surface area contributed by atoms with Crippen molar-refractivity contribution in [2.24, 2.45) is 0 Å². The molecule has 3 aromatic heterocycles. The molecule has 0 atom stereocenters. The highest BCUT2D eigenvalue weighted by molar-refractivity contribution is 6.03. The van der Waals surface area contributed by atoms with Crippen molar-refractivity contribution in [3.05, 3.63) is 36.5 Å². The third-order valence-electron chi connectivity index (χ3n) is 6.27. The molecule has 0 saturated heterocycles. The maximum absolute atomic E-state index is 13.0. The SMILES string of the molecule is CN(C)C(=O)N[C@H]1CC[C@H](Nc2cc(NC3CC3)c3ncc(C(=O)Nc4ccncn4)n3n2)CC1. The van der Waals surface area contributed by atoms with Gasteiger partial charge in [-0.2, -0.15) is 0 Å². The lowest BCUT2D eigenvalue weighted by Crippen LogP contribution is -2.44. The van der Waals surface area contributed by atoms with Gasteiger partial charge in [-0.05, 0) is 44.6 Å². The van der Waals surface area contributed by atoms with E-state index in [0.29, 0.717) is 29.0 Å². The number of hydrogen-bond donors (Lipinski definition) is 4. The molecule has 0 spiro atoms. The van der Waals surface area contributed by atoms with E-state index in [9.17, 15) is 9.59 Å². The van der Waals surface area contributed by atoms with Gasteiger partial charge in [-0.15, -0.1) is 5.10 Å². The van der Waals surface area contributed by atoms with Crippen LogP contribution >= 0.6 is 0 Å². The molecule has 35 heavy (non-hydrogen) atoms. The Kier molecular flexibility index (Phi) is 6.34. The van der Waals surface area contributed by atoms with Crippen LogP contribution < -0.4 is 21.3 Å². The van der Waals surface area contributed by atoms with E-state index in [2.05, 4.69) is 36.2 Å². The average Bonchev–Trinajstić information content (AvgIpc) is 3.56. The van der Waals surface area contributed by atoms with Crippen molar-refractivity contribution in [2.75, 3.05) is 30.0 Å². The minimum atomic E-state index is -0.352. The monoisotopic (exact) mass is 478 g/mol. The Morgan fingerprint density at radius 3 is 2.37 bits per heavy atom. The maximum atomic E-state index is 13.0. The van der Waals surface area contributed by atoms with Gasteiger partial charge < -0.3 is 26.2 Å². The standard InChI is InChI=1S/C23H30N10O2/c1-32(2)23(35)29-16-7-5-15(6-8-16)28-20-11-17(27-14-3-4-14)21-25-12-18(33(21)31-20)22(34)30-19-9-10-24-13-26-19/h9-16,27H,3-8H2,1-2H3,(H,28,31)(H,29,35)(H,24,26,30,34)/t15-,16-. The molecule has 2 aliphatic carbocycles. The maximum Gasteiger partial charge on any atom is 0.317 e. The van der Waals surface area contributed by atoms with Crippen molar-refractivity contribution >= 4 is 34.9 Å². The molecule has 3 amide bonds. The van der Waals surface area contributed by atoms with E-state index in [1.54, 1.807) is 35.8 Å². The number of anilines is 3. The van der Waals surface area contributed by atoms with Crippen molar-refractivity contribution in [1.82, 2.24) is 34.8 Å². The van der Waals surface area contributed by atoms with Gasteiger partial charge in [-0.1, -0.05) is 0 Å². The first-order chi connectivity index (χ1) is 17.0. The van der Waals surface area contributed by atoms with E-state index in [1.807, 2.05) is 6.07 Å². The number of nitrogens with zero attached hydrogens (tertiary/aromatic N) is 6. The fourth-order valence-electron chi connectivity index (χ4n) is 4.19. The van der Waals surface area contributed by atoms with Gasteiger partial charge in [0.25, 0.3) is 5.91 Å². The van der Waals surface area contributed by atoms with Gasteiger partial charge in [0.2, 0.25) is 0 Å². The molecule has 0 radical (unpaired) electrons. The van der Waals surface area contributed by atoms with Crippen molar-refractivity contribution in [2.45, 2.75) is 56.7 Å². The number of amides is 3. The molecular weight excluding hydrogens is 448 g/mol. The molecule has 5 rings (SSSR count). The molecule has 0 aromatic carbocycles. The molecule has 4 N–H and O–H groups in total. The Bertz CT molecular complexity index is 1200. The van der Waals surface area contributed by atoms with Crippen LogP contribution in [0.25, 0.3) is 5.65 Å². The van der Waals surface area contributed by atoms with E-state index in [-0.39, 0.29) is 24.0 Å². The lowest BCUT2D eigenvalue weighted by atomic mass is 9.91. The molecule has 3 heterocycles. The smallest absolute Gasteiger partial charge is 0.317 e. The first kappa shape index (κ1) is 22.8. The third kappa shape index (κ3) is 5.42. The summed E-state index contributed by atoms with van der Waals surface area (Å²) in [7, 11) is 3.49. The number of carbonyl (C=O) groups is 2. The van der Waals surface area contributed by atoms with Crippen LogP contribution in [0.3, 0.4) is 0 Å². The Hall–Kier alpha value is -3.96. The number of carbonyl (C=O) groups excluding carboxylic acids is 2. The van der Waals surface area contributed by atoms with E-state index in [4.69, 9.17) is 5.10 Å². The van der Waals surface area contributed by atoms with Crippen molar-refractivity contribution in [3.8, 4) is 0 Å². The van der Waals surface area contributed by atoms with Gasteiger partial charge in [-0.25, -0.2) is 24.3 Å². The Morgan fingerprint density at radius 1 is 0.971 bits per heavy atom. The van der Waals surface area contributed by atoms with Crippen LogP contribution in [0.15, 0.2) is 30.9 Å². The van der Waals surface area contributed by atoms with Gasteiger partial charge in [0.15, 0.2) is 11.3 Å². The number of fused-ring (bicyclic) bond motifs is 1. The Balaban J connectivity index is 1.33.